The molecule has 1 heterocycles. The molecule has 0 aliphatic rings. The van der Waals surface area contributed by atoms with Gasteiger partial charge in [-0.1, -0.05) is 42.5 Å². The van der Waals surface area contributed by atoms with Crippen LogP contribution in [0, 0.1) is 0 Å². The fraction of sp³-hybridized carbons (Fsp3) is 0. The van der Waals surface area contributed by atoms with Gasteiger partial charge in [0.15, 0.2) is 0 Å². The molecule has 1 aromatic heterocycles. The molecule has 108 valence electrons. The summed E-state index contributed by atoms with van der Waals surface area (Å²) in [7, 11) is 0. The number of benzene rings is 2. The number of primary amides is 1. The SMILES string of the molecule is NC(=O)c1cccnc1-c1ccccc1-c1ccccc1N. The monoisotopic (exact) mass is 289 g/mol. The standard InChI is InChI=1S/C18H15N3O/c19-16-10-4-3-7-13(16)12-6-1-2-8-14(12)17-15(18(20)22)9-5-11-21-17/h1-11H,19H2,(H2,20,22). The lowest BCUT2D eigenvalue weighted by Gasteiger charge is -2.13. The van der Waals surface area contributed by atoms with E-state index < -0.39 is 5.91 Å². The van der Waals surface area contributed by atoms with Gasteiger partial charge in [-0.25, -0.2) is 0 Å². The second kappa shape index (κ2) is 5.69. The molecule has 0 saturated carbocycles. The van der Waals surface area contributed by atoms with E-state index in [0.29, 0.717) is 16.9 Å². The molecule has 0 fully saturated rings. The third-order valence-electron chi connectivity index (χ3n) is 3.51. The average Bonchev–Trinajstić information content (AvgIpc) is 2.55. The summed E-state index contributed by atoms with van der Waals surface area (Å²) >= 11 is 0. The Morgan fingerprint density at radius 3 is 2.14 bits per heavy atom. The van der Waals surface area contributed by atoms with Gasteiger partial charge >= 0.3 is 0 Å². The van der Waals surface area contributed by atoms with E-state index >= 15 is 0 Å². The Balaban J connectivity index is 2.27. The molecule has 4 N–H and O–H groups in total. The Hall–Kier alpha value is -3.14. The number of hydrogen-bond donors (Lipinski definition) is 2. The Bertz CT molecular complexity index is 843. The number of amides is 1. The van der Waals surface area contributed by atoms with Crippen LogP contribution < -0.4 is 11.5 Å². The topological polar surface area (TPSA) is 82.0 Å². The van der Waals surface area contributed by atoms with E-state index in [1.807, 2.05) is 48.5 Å². The Morgan fingerprint density at radius 2 is 1.45 bits per heavy atom. The van der Waals surface area contributed by atoms with Crippen molar-refractivity contribution in [3.8, 4) is 22.4 Å². The first-order chi connectivity index (χ1) is 10.7. The first kappa shape index (κ1) is 13.8. The van der Waals surface area contributed by atoms with Gasteiger partial charge < -0.3 is 11.5 Å². The van der Waals surface area contributed by atoms with Crippen LogP contribution in [-0.4, -0.2) is 10.9 Å². The summed E-state index contributed by atoms with van der Waals surface area (Å²) in [4.78, 5) is 16.0. The molecule has 4 heteroatoms. The highest BCUT2D eigenvalue weighted by Gasteiger charge is 2.15. The van der Waals surface area contributed by atoms with Gasteiger partial charge in [0, 0.05) is 23.0 Å². The number of pyridine rings is 1. The lowest BCUT2D eigenvalue weighted by atomic mass is 9.94. The second-order valence-electron chi connectivity index (χ2n) is 4.90. The van der Waals surface area contributed by atoms with Crippen LogP contribution in [0.4, 0.5) is 5.69 Å². The molecule has 0 spiro atoms. The smallest absolute Gasteiger partial charge is 0.250 e. The van der Waals surface area contributed by atoms with Gasteiger partial charge in [0.25, 0.3) is 5.91 Å². The number of aromatic nitrogens is 1. The van der Waals surface area contributed by atoms with Crippen LogP contribution in [0.3, 0.4) is 0 Å². The van der Waals surface area contributed by atoms with Gasteiger partial charge in [0.05, 0.1) is 11.3 Å². The molecule has 0 atom stereocenters. The number of nitrogen functional groups attached to an aromatic ring is 1. The first-order valence-corrected chi connectivity index (χ1v) is 6.87. The molecule has 0 saturated heterocycles. The van der Waals surface area contributed by atoms with Gasteiger partial charge in [-0.2, -0.15) is 0 Å². The summed E-state index contributed by atoms with van der Waals surface area (Å²) in [5, 5.41) is 0. The number of carbonyl (C=O) groups is 1. The molecule has 3 rings (SSSR count). The fourth-order valence-electron chi connectivity index (χ4n) is 2.49. The van der Waals surface area contributed by atoms with Crippen LogP contribution in [0.15, 0.2) is 66.9 Å². The molecule has 22 heavy (non-hydrogen) atoms. The van der Waals surface area contributed by atoms with Crippen molar-refractivity contribution in [2.75, 3.05) is 5.73 Å². The minimum atomic E-state index is -0.501. The highest BCUT2D eigenvalue weighted by Crippen LogP contribution is 2.35. The lowest BCUT2D eigenvalue weighted by Crippen LogP contribution is -2.13. The Labute approximate surface area is 128 Å². The van der Waals surface area contributed by atoms with Crippen molar-refractivity contribution < 1.29 is 4.79 Å². The van der Waals surface area contributed by atoms with Crippen molar-refractivity contribution in [1.82, 2.24) is 4.98 Å². The molecule has 0 aliphatic heterocycles. The molecular weight excluding hydrogens is 274 g/mol. The summed E-state index contributed by atoms with van der Waals surface area (Å²) in [5.41, 5.74) is 15.8. The van der Waals surface area contributed by atoms with E-state index in [1.165, 1.54) is 0 Å². The number of para-hydroxylation sites is 1. The largest absolute Gasteiger partial charge is 0.398 e. The zero-order valence-corrected chi connectivity index (χ0v) is 11.9. The van der Waals surface area contributed by atoms with Crippen LogP contribution in [0.2, 0.25) is 0 Å². The fourth-order valence-corrected chi connectivity index (χ4v) is 2.49. The molecule has 0 bridgehead atoms. The van der Waals surface area contributed by atoms with E-state index in [-0.39, 0.29) is 0 Å². The van der Waals surface area contributed by atoms with Gasteiger partial charge in [-0.3, -0.25) is 9.78 Å². The molecule has 3 aromatic rings. The second-order valence-corrected chi connectivity index (χ2v) is 4.90. The van der Waals surface area contributed by atoms with E-state index in [9.17, 15) is 4.79 Å². The summed E-state index contributed by atoms with van der Waals surface area (Å²) < 4.78 is 0. The van der Waals surface area contributed by atoms with Crippen molar-refractivity contribution in [1.29, 1.82) is 0 Å². The Morgan fingerprint density at radius 1 is 0.818 bits per heavy atom. The quantitative estimate of drug-likeness (QED) is 0.727. The molecule has 0 unspecified atom stereocenters. The number of carbonyl (C=O) groups excluding carboxylic acids is 1. The van der Waals surface area contributed by atoms with E-state index in [4.69, 9.17) is 11.5 Å². The molecule has 0 radical (unpaired) electrons. The highest BCUT2D eigenvalue weighted by atomic mass is 16.1. The number of rotatable bonds is 3. The van der Waals surface area contributed by atoms with Crippen LogP contribution in [0.25, 0.3) is 22.4 Å². The molecule has 0 aliphatic carbocycles. The minimum Gasteiger partial charge on any atom is -0.398 e. The van der Waals surface area contributed by atoms with Crippen molar-refractivity contribution >= 4 is 11.6 Å². The zero-order valence-electron chi connectivity index (χ0n) is 11.9. The molecular formula is C18H15N3O. The van der Waals surface area contributed by atoms with E-state index in [0.717, 1.165) is 16.7 Å². The normalized spacial score (nSPS) is 10.4. The number of nitrogens with two attached hydrogens (primary N) is 2. The number of nitrogens with zero attached hydrogens (tertiary/aromatic N) is 1. The highest BCUT2D eigenvalue weighted by molar-refractivity contribution is 6.01. The van der Waals surface area contributed by atoms with Crippen molar-refractivity contribution in [3.05, 3.63) is 72.4 Å². The van der Waals surface area contributed by atoms with Crippen LogP contribution >= 0.6 is 0 Å². The average molecular weight is 289 g/mol. The third-order valence-corrected chi connectivity index (χ3v) is 3.51. The van der Waals surface area contributed by atoms with Crippen molar-refractivity contribution in [2.45, 2.75) is 0 Å². The number of hydrogen-bond acceptors (Lipinski definition) is 3. The maximum atomic E-state index is 11.7. The van der Waals surface area contributed by atoms with Crippen LogP contribution in [-0.2, 0) is 0 Å². The minimum absolute atomic E-state index is 0.393. The van der Waals surface area contributed by atoms with Gasteiger partial charge in [0.1, 0.15) is 0 Å². The third kappa shape index (κ3) is 2.42. The maximum Gasteiger partial charge on any atom is 0.250 e. The zero-order chi connectivity index (χ0) is 15.5. The van der Waals surface area contributed by atoms with Crippen molar-refractivity contribution in [2.24, 2.45) is 5.73 Å². The number of anilines is 1. The lowest BCUT2D eigenvalue weighted by molar-refractivity contribution is 0.100. The maximum absolute atomic E-state index is 11.7. The molecule has 2 aromatic carbocycles. The molecule has 4 nitrogen and oxygen atoms in total. The van der Waals surface area contributed by atoms with Gasteiger partial charge in [-0.15, -0.1) is 0 Å². The summed E-state index contributed by atoms with van der Waals surface area (Å²) in [5.74, 6) is -0.501. The summed E-state index contributed by atoms with van der Waals surface area (Å²) in [6, 6.07) is 18.7. The van der Waals surface area contributed by atoms with Crippen LogP contribution in [0.5, 0.6) is 0 Å². The first-order valence-electron chi connectivity index (χ1n) is 6.87. The van der Waals surface area contributed by atoms with Crippen molar-refractivity contribution in [3.63, 3.8) is 0 Å². The Kier molecular flexibility index (Phi) is 3.58. The van der Waals surface area contributed by atoms with E-state index in [2.05, 4.69) is 4.98 Å². The van der Waals surface area contributed by atoms with Crippen LogP contribution in [0.1, 0.15) is 10.4 Å². The summed E-state index contributed by atoms with van der Waals surface area (Å²) in [6.45, 7) is 0. The predicted molar refractivity (Wildman–Crippen MR) is 88.0 cm³/mol. The van der Waals surface area contributed by atoms with Gasteiger partial charge in [-0.05, 0) is 23.8 Å². The predicted octanol–water partition coefficient (Wildman–Crippen LogP) is 3.10. The summed E-state index contributed by atoms with van der Waals surface area (Å²) in [6.07, 6.45) is 1.65. The van der Waals surface area contributed by atoms with Gasteiger partial charge in [0.2, 0.25) is 0 Å². The molecule has 1 amide bonds. The van der Waals surface area contributed by atoms with E-state index in [1.54, 1.807) is 18.3 Å².